The maximum absolute atomic E-state index is 9.16. The summed E-state index contributed by atoms with van der Waals surface area (Å²) in [7, 11) is 0. The molecule has 2 N–H and O–H groups in total. The van der Waals surface area contributed by atoms with E-state index in [1.54, 1.807) is 36.7 Å². The number of hydrogen-bond donors (Lipinski definition) is 1. The van der Waals surface area contributed by atoms with Crippen molar-refractivity contribution in [2.75, 3.05) is 0 Å². The van der Waals surface area contributed by atoms with Crippen LogP contribution >= 0.6 is 15.9 Å². The number of aromatic nitrogens is 1. The molecule has 2 rings (SSSR count). The molecule has 0 aliphatic rings. The zero-order chi connectivity index (χ0) is 12.3. The van der Waals surface area contributed by atoms with E-state index in [0.717, 1.165) is 0 Å². The number of rotatable bonds is 2. The molecule has 84 valence electrons. The summed E-state index contributed by atoms with van der Waals surface area (Å²) in [6.45, 7) is 0. The van der Waals surface area contributed by atoms with E-state index in [4.69, 9.17) is 15.4 Å². The fourth-order valence-corrected chi connectivity index (χ4v) is 1.69. The van der Waals surface area contributed by atoms with Gasteiger partial charge in [0.25, 0.3) is 0 Å². The van der Waals surface area contributed by atoms with Gasteiger partial charge in [-0.1, -0.05) is 0 Å². The predicted molar refractivity (Wildman–Crippen MR) is 67.3 cm³/mol. The Morgan fingerprint density at radius 1 is 1.29 bits per heavy atom. The maximum Gasteiger partial charge on any atom is 0.169 e. The zero-order valence-electron chi connectivity index (χ0n) is 8.72. The number of halogens is 1. The Bertz CT molecular complexity index is 596. The Kier molecular flexibility index (Phi) is 3.26. The van der Waals surface area contributed by atoms with E-state index in [1.807, 2.05) is 0 Å². The molecule has 17 heavy (non-hydrogen) atoms. The van der Waals surface area contributed by atoms with E-state index in [-0.39, 0.29) is 0 Å². The molecule has 0 bridgehead atoms. The van der Waals surface area contributed by atoms with Gasteiger partial charge in [0.15, 0.2) is 10.4 Å². The zero-order valence-corrected chi connectivity index (χ0v) is 10.3. The number of nitrogens with two attached hydrogens (primary N) is 1. The lowest BCUT2D eigenvalue weighted by Gasteiger charge is -2.02. The molecule has 0 aliphatic heterocycles. The number of furan rings is 1. The third-order valence-electron chi connectivity index (χ3n) is 2.19. The van der Waals surface area contributed by atoms with Crippen LogP contribution in [-0.2, 0) is 0 Å². The molecule has 0 saturated heterocycles. The van der Waals surface area contributed by atoms with Gasteiger partial charge in [0, 0.05) is 12.4 Å². The summed E-state index contributed by atoms with van der Waals surface area (Å²) in [5, 5.41) is 9.16. The van der Waals surface area contributed by atoms with Gasteiger partial charge in [-0.3, -0.25) is 4.98 Å². The van der Waals surface area contributed by atoms with Crippen molar-refractivity contribution in [1.82, 2.24) is 4.98 Å². The van der Waals surface area contributed by atoms with Crippen LogP contribution in [0.2, 0.25) is 0 Å². The second kappa shape index (κ2) is 4.85. The van der Waals surface area contributed by atoms with Gasteiger partial charge in [0.2, 0.25) is 0 Å². The Balaban J connectivity index is 2.52. The first-order valence-corrected chi connectivity index (χ1v) is 5.57. The van der Waals surface area contributed by atoms with Gasteiger partial charge in [0.1, 0.15) is 6.07 Å². The van der Waals surface area contributed by atoms with E-state index >= 15 is 0 Å². The monoisotopic (exact) mass is 289 g/mol. The van der Waals surface area contributed by atoms with Gasteiger partial charge in [-0.15, -0.1) is 0 Å². The summed E-state index contributed by atoms with van der Waals surface area (Å²) < 4.78 is 5.89. The lowest BCUT2D eigenvalue weighted by Crippen LogP contribution is -1.99. The topological polar surface area (TPSA) is 75.8 Å². The summed E-state index contributed by atoms with van der Waals surface area (Å²) in [6.07, 6.45) is 3.22. The molecule has 2 aromatic rings. The molecule has 0 spiro atoms. The summed E-state index contributed by atoms with van der Waals surface area (Å²) in [5.74, 6) is 0.463. The highest BCUT2D eigenvalue weighted by Crippen LogP contribution is 2.24. The van der Waals surface area contributed by atoms with Crippen molar-refractivity contribution in [2.45, 2.75) is 0 Å². The summed E-state index contributed by atoms with van der Waals surface area (Å²) in [4.78, 5) is 3.89. The quantitative estimate of drug-likeness (QED) is 0.863. The molecule has 0 fully saturated rings. The molecule has 0 unspecified atom stereocenters. The van der Waals surface area contributed by atoms with Crippen LogP contribution in [0.3, 0.4) is 0 Å². The molecule has 2 heterocycles. The molecule has 0 atom stereocenters. The lowest BCUT2D eigenvalue weighted by atomic mass is 10.1. The van der Waals surface area contributed by atoms with Crippen LogP contribution in [0.5, 0.6) is 0 Å². The highest BCUT2D eigenvalue weighted by atomic mass is 79.9. The number of hydrogen-bond acceptors (Lipinski definition) is 4. The van der Waals surface area contributed by atoms with Crippen LogP contribution < -0.4 is 5.73 Å². The van der Waals surface area contributed by atoms with Gasteiger partial charge < -0.3 is 10.2 Å². The second-order valence-electron chi connectivity index (χ2n) is 3.24. The molecule has 5 heteroatoms. The molecular formula is C12H8BrN3O. The van der Waals surface area contributed by atoms with Crippen LogP contribution in [0.4, 0.5) is 0 Å². The highest BCUT2D eigenvalue weighted by molar-refractivity contribution is 9.10. The largest absolute Gasteiger partial charge is 0.448 e. The first-order chi connectivity index (χ1) is 8.22. The van der Waals surface area contributed by atoms with Crippen molar-refractivity contribution in [2.24, 2.45) is 5.73 Å². The highest BCUT2D eigenvalue weighted by Gasteiger charge is 2.11. The van der Waals surface area contributed by atoms with E-state index in [0.29, 0.717) is 27.3 Å². The molecular weight excluding hydrogens is 282 g/mol. The van der Waals surface area contributed by atoms with Crippen LogP contribution in [0, 0.1) is 11.3 Å². The number of nitriles is 1. The fourth-order valence-electron chi connectivity index (χ4n) is 1.38. The van der Waals surface area contributed by atoms with Crippen molar-refractivity contribution in [3.8, 4) is 6.07 Å². The van der Waals surface area contributed by atoms with Gasteiger partial charge in [0.05, 0.1) is 11.3 Å². The maximum atomic E-state index is 9.16. The van der Waals surface area contributed by atoms with Gasteiger partial charge in [-0.25, -0.2) is 0 Å². The van der Waals surface area contributed by atoms with Crippen molar-refractivity contribution in [3.05, 3.63) is 52.7 Å². The molecule has 0 aliphatic carbocycles. The van der Waals surface area contributed by atoms with Gasteiger partial charge in [-0.2, -0.15) is 5.26 Å². The van der Waals surface area contributed by atoms with Crippen LogP contribution in [0.1, 0.15) is 11.3 Å². The van der Waals surface area contributed by atoms with E-state index in [2.05, 4.69) is 27.0 Å². The van der Waals surface area contributed by atoms with Crippen LogP contribution in [-0.4, -0.2) is 4.98 Å². The molecule has 0 radical (unpaired) electrons. The molecule has 0 saturated carbocycles. The lowest BCUT2D eigenvalue weighted by molar-refractivity contribution is 0.527. The molecule has 0 amide bonds. The fraction of sp³-hybridized carbons (Fsp3) is 0. The van der Waals surface area contributed by atoms with Crippen LogP contribution in [0.15, 0.2) is 45.7 Å². The molecule has 0 aromatic carbocycles. The first-order valence-electron chi connectivity index (χ1n) is 4.78. The average Bonchev–Trinajstić information content (AvgIpc) is 2.78. The van der Waals surface area contributed by atoms with Crippen molar-refractivity contribution < 1.29 is 4.42 Å². The number of allylic oxidation sites excluding steroid dienone is 1. The molecule has 4 nitrogen and oxygen atoms in total. The molecule has 2 aromatic heterocycles. The normalized spacial score (nSPS) is 11.8. The van der Waals surface area contributed by atoms with E-state index in [1.165, 1.54) is 0 Å². The smallest absolute Gasteiger partial charge is 0.169 e. The Hall–Kier alpha value is -2.06. The van der Waals surface area contributed by atoms with Crippen molar-refractivity contribution >= 4 is 27.2 Å². The number of nitrogens with zero attached hydrogens (tertiary/aromatic N) is 2. The van der Waals surface area contributed by atoms with Crippen LogP contribution in [0.25, 0.3) is 11.3 Å². The standard InChI is InChI=1S/C12H8BrN3O/c13-11-2-1-10(17-11)12(15)9(7-14)8-3-5-16-6-4-8/h1-6H,15H2/b12-9-. The van der Waals surface area contributed by atoms with Gasteiger partial charge in [-0.05, 0) is 45.8 Å². The Labute approximate surface area is 107 Å². The SMILES string of the molecule is N#C/C(=C(/N)c1ccc(Br)o1)c1ccncc1. The minimum absolute atomic E-state index is 0.310. The second-order valence-corrected chi connectivity index (χ2v) is 4.02. The average molecular weight is 290 g/mol. The minimum atomic E-state index is 0.310. The van der Waals surface area contributed by atoms with Gasteiger partial charge >= 0.3 is 0 Å². The van der Waals surface area contributed by atoms with E-state index < -0.39 is 0 Å². The summed E-state index contributed by atoms with van der Waals surface area (Å²) >= 11 is 3.19. The van der Waals surface area contributed by atoms with Crippen molar-refractivity contribution in [3.63, 3.8) is 0 Å². The third kappa shape index (κ3) is 2.37. The minimum Gasteiger partial charge on any atom is -0.448 e. The first kappa shape index (κ1) is 11.4. The summed E-state index contributed by atoms with van der Waals surface area (Å²) in [6, 6.07) is 8.96. The van der Waals surface area contributed by atoms with E-state index in [9.17, 15) is 0 Å². The van der Waals surface area contributed by atoms with Crippen molar-refractivity contribution in [1.29, 1.82) is 5.26 Å². The Morgan fingerprint density at radius 2 is 2.00 bits per heavy atom. The number of pyridine rings is 1. The summed E-state index contributed by atoms with van der Waals surface area (Å²) in [5.41, 5.74) is 7.31. The Morgan fingerprint density at radius 3 is 2.53 bits per heavy atom. The predicted octanol–water partition coefficient (Wildman–Crippen LogP) is 2.79. The third-order valence-corrected chi connectivity index (χ3v) is 2.61.